The van der Waals surface area contributed by atoms with E-state index in [1.807, 2.05) is 35.2 Å². The van der Waals surface area contributed by atoms with Gasteiger partial charge in [0.25, 0.3) is 5.91 Å². The van der Waals surface area contributed by atoms with Crippen molar-refractivity contribution in [3.8, 4) is 0 Å². The number of hydrogen-bond donors (Lipinski definition) is 1. The molecule has 0 aromatic heterocycles. The third-order valence-corrected chi connectivity index (χ3v) is 4.43. The standard InChI is InChI=1S/C18H24N2O4/c1-23-11-5-10-19-18(22)17-16(13-6-3-2-4-7-13)20(14-8-9-14)15(21)12-24-17/h2-4,6-7,14,16-17H,5,8-12H2,1H3,(H,19,22)/t16-,17+/m0/s1. The van der Waals surface area contributed by atoms with Crippen LogP contribution in [0, 0.1) is 0 Å². The van der Waals surface area contributed by atoms with E-state index < -0.39 is 6.10 Å². The van der Waals surface area contributed by atoms with Crippen LogP contribution in [0.15, 0.2) is 30.3 Å². The summed E-state index contributed by atoms with van der Waals surface area (Å²) in [5.41, 5.74) is 0.939. The van der Waals surface area contributed by atoms with Crippen LogP contribution in [0.5, 0.6) is 0 Å². The Balaban J connectivity index is 1.78. The molecule has 1 aliphatic carbocycles. The van der Waals surface area contributed by atoms with Gasteiger partial charge < -0.3 is 19.7 Å². The monoisotopic (exact) mass is 332 g/mol. The predicted octanol–water partition coefficient (Wildman–Crippen LogP) is 1.27. The van der Waals surface area contributed by atoms with E-state index in [1.54, 1.807) is 7.11 Å². The van der Waals surface area contributed by atoms with Gasteiger partial charge in [-0.25, -0.2) is 0 Å². The number of ether oxygens (including phenoxy) is 2. The van der Waals surface area contributed by atoms with Gasteiger partial charge in [0.05, 0.1) is 6.04 Å². The third kappa shape index (κ3) is 3.76. The predicted molar refractivity (Wildman–Crippen MR) is 88.3 cm³/mol. The smallest absolute Gasteiger partial charge is 0.251 e. The fraction of sp³-hybridized carbons (Fsp3) is 0.556. The minimum Gasteiger partial charge on any atom is -0.385 e. The number of hydrogen-bond acceptors (Lipinski definition) is 4. The van der Waals surface area contributed by atoms with Gasteiger partial charge in [-0.2, -0.15) is 0 Å². The zero-order chi connectivity index (χ0) is 16.9. The van der Waals surface area contributed by atoms with Gasteiger partial charge in [0, 0.05) is 26.3 Å². The second kappa shape index (κ2) is 7.77. The molecule has 1 heterocycles. The molecule has 6 heteroatoms. The minimum absolute atomic E-state index is 0.0318. The number of carbonyl (C=O) groups excluding carboxylic acids is 2. The summed E-state index contributed by atoms with van der Waals surface area (Å²) >= 11 is 0. The van der Waals surface area contributed by atoms with Crippen LogP contribution in [0.25, 0.3) is 0 Å². The van der Waals surface area contributed by atoms with Crippen molar-refractivity contribution in [2.75, 3.05) is 26.9 Å². The minimum atomic E-state index is -0.673. The number of rotatable bonds is 7. The quantitative estimate of drug-likeness (QED) is 0.764. The summed E-state index contributed by atoms with van der Waals surface area (Å²) < 4.78 is 10.6. The molecule has 2 aliphatic rings. The molecule has 1 aliphatic heterocycles. The molecule has 2 amide bonds. The zero-order valence-electron chi connectivity index (χ0n) is 13.9. The summed E-state index contributed by atoms with van der Waals surface area (Å²) in [6, 6.07) is 9.55. The van der Waals surface area contributed by atoms with E-state index in [1.165, 1.54) is 0 Å². The van der Waals surface area contributed by atoms with Crippen molar-refractivity contribution in [2.45, 2.75) is 37.5 Å². The van der Waals surface area contributed by atoms with E-state index in [-0.39, 0.29) is 30.5 Å². The van der Waals surface area contributed by atoms with Crippen LogP contribution in [0.3, 0.4) is 0 Å². The van der Waals surface area contributed by atoms with Gasteiger partial charge in [0.1, 0.15) is 6.61 Å². The Morgan fingerprint density at radius 2 is 2.08 bits per heavy atom. The Kier molecular flexibility index (Phi) is 5.48. The lowest BCUT2D eigenvalue weighted by Crippen LogP contribution is -2.55. The van der Waals surface area contributed by atoms with Crippen LogP contribution in [-0.2, 0) is 19.1 Å². The maximum Gasteiger partial charge on any atom is 0.251 e. The normalized spacial score (nSPS) is 24.0. The van der Waals surface area contributed by atoms with E-state index in [4.69, 9.17) is 9.47 Å². The zero-order valence-corrected chi connectivity index (χ0v) is 13.9. The highest BCUT2D eigenvalue weighted by Crippen LogP contribution is 2.39. The Hall–Kier alpha value is -1.92. The Morgan fingerprint density at radius 3 is 2.75 bits per heavy atom. The third-order valence-electron chi connectivity index (χ3n) is 4.43. The molecule has 130 valence electrons. The maximum absolute atomic E-state index is 12.6. The molecule has 1 N–H and O–H groups in total. The van der Waals surface area contributed by atoms with E-state index in [0.29, 0.717) is 13.2 Å². The molecule has 3 rings (SSSR count). The van der Waals surface area contributed by atoms with E-state index in [0.717, 1.165) is 24.8 Å². The molecule has 24 heavy (non-hydrogen) atoms. The SMILES string of the molecule is COCCCNC(=O)[C@@H]1OCC(=O)N(C2CC2)[C@H]1c1ccccc1. The molecule has 2 atom stereocenters. The van der Waals surface area contributed by atoms with E-state index in [9.17, 15) is 9.59 Å². The summed E-state index contributed by atoms with van der Waals surface area (Å²) in [5, 5.41) is 2.90. The highest BCUT2D eigenvalue weighted by Gasteiger charge is 2.47. The van der Waals surface area contributed by atoms with Crippen molar-refractivity contribution < 1.29 is 19.1 Å². The second-order valence-corrected chi connectivity index (χ2v) is 6.26. The molecule has 1 saturated carbocycles. The number of morpholine rings is 1. The molecule has 0 unspecified atom stereocenters. The first-order valence-electron chi connectivity index (χ1n) is 8.46. The lowest BCUT2D eigenvalue weighted by molar-refractivity contribution is -0.165. The summed E-state index contributed by atoms with van der Waals surface area (Å²) in [7, 11) is 1.64. The molecule has 1 aromatic rings. The highest BCUT2D eigenvalue weighted by molar-refractivity contribution is 5.86. The Labute approximate surface area is 142 Å². The van der Waals surface area contributed by atoms with Crippen LogP contribution in [-0.4, -0.2) is 55.7 Å². The van der Waals surface area contributed by atoms with Crippen LogP contribution >= 0.6 is 0 Å². The molecule has 0 spiro atoms. The van der Waals surface area contributed by atoms with Crippen molar-refractivity contribution in [2.24, 2.45) is 0 Å². The molecule has 6 nitrogen and oxygen atoms in total. The van der Waals surface area contributed by atoms with Crippen molar-refractivity contribution in [1.82, 2.24) is 10.2 Å². The first-order chi connectivity index (χ1) is 11.7. The number of nitrogens with one attached hydrogen (secondary N) is 1. The molecule has 1 aromatic carbocycles. The molecule has 2 fully saturated rings. The number of nitrogens with zero attached hydrogens (tertiary/aromatic N) is 1. The van der Waals surface area contributed by atoms with Gasteiger partial charge in [-0.3, -0.25) is 9.59 Å². The fourth-order valence-electron chi connectivity index (χ4n) is 3.14. The van der Waals surface area contributed by atoms with Gasteiger partial charge in [0.15, 0.2) is 6.10 Å². The van der Waals surface area contributed by atoms with Crippen molar-refractivity contribution in [3.63, 3.8) is 0 Å². The molecule has 0 radical (unpaired) electrons. The van der Waals surface area contributed by atoms with Gasteiger partial charge in [-0.05, 0) is 24.8 Å². The van der Waals surface area contributed by atoms with Crippen molar-refractivity contribution >= 4 is 11.8 Å². The van der Waals surface area contributed by atoms with Gasteiger partial charge in [-0.15, -0.1) is 0 Å². The van der Waals surface area contributed by atoms with Crippen LogP contribution in [0.4, 0.5) is 0 Å². The Morgan fingerprint density at radius 1 is 1.33 bits per heavy atom. The summed E-state index contributed by atoms with van der Waals surface area (Å²) in [4.78, 5) is 26.9. The summed E-state index contributed by atoms with van der Waals surface area (Å²) in [6.45, 7) is 1.10. The van der Waals surface area contributed by atoms with Crippen LogP contribution in [0.1, 0.15) is 30.9 Å². The van der Waals surface area contributed by atoms with Crippen molar-refractivity contribution in [1.29, 1.82) is 0 Å². The molecular formula is C18H24N2O4. The molecule has 1 saturated heterocycles. The topological polar surface area (TPSA) is 67.9 Å². The van der Waals surface area contributed by atoms with Crippen LogP contribution < -0.4 is 5.32 Å². The van der Waals surface area contributed by atoms with Crippen LogP contribution in [0.2, 0.25) is 0 Å². The lowest BCUT2D eigenvalue weighted by Gasteiger charge is -2.40. The van der Waals surface area contributed by atoms with Gasteiger partial charge in [0.2, 0.25) is 5.91 Å². The first kappa shape index (κ1) is 16.9. The van der Waals surface area contributed by atoms with Gasteiger partial charge in [-0.1, -0.05) is 30.3 Å². The Bertz CT molecular complexity index is 574. The highest BCUT2D eigenvalue weighted by atomic mass is 16.5. The van der Waals surface area contributed by atoms with E-state index >= 15 is 0 Å². The average molecular weight is 332 g/mol. The van der Waals surface area contributed by atoms with E-state index in [2.05, 4.69) is 5.32 Å². The number of benzene rings is 1. The number of amides is 2. The second-order valence-electron chi connectivity index (χ2n) is 6.26. The lowest BCUT2D eigenvalue weighted by atomic mass is 9.96. The number of methoxy groups -OCH3 is 1. The first-order valence-corrected chi connectivity index (χ1v) is 8.46. The maximum atomic E-state index is 12.6. The largest absolute Gasteiger partial charge is 0.385 e. The van der Waals surface area contributed by atoms with Crippen molar-refractivity contribution in [3.05, 3.63) is 35.9 Å². The molecule has 0 bridgehead atoms. The fourth-order valence-corrected chi connectivity index (χ4v) is 3.14. The average Bonchev–Trinajstić information content (AvgIpc) is 3.44. The number of carbonyl (C=O) groups is 2. The summed E-state index contributed by atoms with van der Waals surface area (Å²) in [6.07, 6.45) is 2.07. The van der Waals surface area contributed by atoms with Gasteiger partial charge >= 0.3 is 0 Å². The molecular weight excluding hydrogens is 308 g/mol. The summed E-state index contributed by atoms with van der Waals surface area (Å²) in [5.74, 6) is -0.201.